The van der Waals surface area contributed by atoms with Crippen molar-refractivity contribution in [3.8, 4) is 0 Å². The maximum Gasteiger partial charge on any atom is 0.112 e. The van der Waals surface area contributed by atoms with E-state index in [0.717, 1.165) is 42.9 Å². The van der Waals surface area contributed by atoms with Crippen LogP contribution >= 0.6 is 34.3 Å². The van der Waals surface area contributed by atoms with Gasteiger partial charge in [-0.05, 0) is 26.0 Å². The lowest BCUT2D eigenvalue weighted by atomic mass is 10.2. The third-order valence-electron chi connectivity index (χ3n) is 3.06. The number of aromatic nitrogens is 2. The highest BCUT2D eigenvalue weighted by atomic mass is 35.5. The molecule has 0 spiro atoms. The molecule has 0 aromatic carbocycles. The number of rotatable bonds is 5. The van der Waals surface area contributed by atoms with Crippen LogP contribution in [0.3, 0.4) is 0 Å². The van der Waals surface area contributed by atoms with Gasteiger partial charge in [0.05, 0.1) is 22.0 Å². The molecule has 110 valence electrons. The number of nitrogens with two attached hydrogens (primary N) is 1. The molecule has 3 N–H and O–H groups in total. The summed E-state index contributed by atoms with van der Waals surface area (Å²) in [5.41, 5.74) is 8.52. The summed E-state index contributed by atoms with van der Waals surface area (Å²) in [7, 11) is 0. The Hall–Kier alpha value is -1.21. The van der Waals surface area contributed by atoms with Gasteiger partial charge in [-0.25, -0.2) is 4.98 Å². The Morgan fingerprint density at radius 3 is 3.00 bits per heavy atom. The SMILES string of the molecule is Cc1cc(NCc2nccs2)c2sc(CCN)c(Cl)c2n1. The van der Waals surface area contributed by atoms with Crippen LogP contribution in [0.1, 0.15) is 15.6 Å². The first kappa shape index (κ1) is 14.7. The van der Waals surface area contributed by atoms with Crippen molar-refractivity contribution in [1.82, 2.24) is 9.97 Å². The lowest BCUT2D eigenvalue weighted by Crippen LogP contribution is -2.01. The summed E-state index contributed by atoms with van der Waals surface area (Å²) < 4.78 is 1.09. The molecule has 3 aromatic heterocycles. The van der Waals surface area contributed by atoms with E-state index in [-0.39, 0.29) is 0 Å². The van der Waals surface area contributed by atoms with Gasteiger partial charge in [-0.15, -0.1) is 22.7 Å². The van der Waals surface area contributed by atoms with Gasteiger partial charge in [0.25, 0.3) is 0 Å². The van der Waals surface area contributed by atoms with Gasteiger partial charge in [-0.3, -0.25) is 4.98 Å². The van der Waals surface area contributed by atoms with Crippen molar-refractivity contribution >= 4 is 50.2 Å². The van der Waals surface area contributed by atoms with Crippen LogP contribution in [0.15, 0.2) is 17.6 Å². The van der Waals surface area contributed by atoms with Gasteiger partial charge < -0.3 is 11.1 Å². The van der Waals surface area contributed by atoms with E-state index in [1.54, 1.807) is 22.7 Å². The predicted molar refractivity (Wildman–Crippen MR) is 91.6 cm³/mol. The molecule has 3 aromatic rings. The van der Waals surface area contributed by atoms with Crippen molar-refractivity contribution in [2.75, 3.05) is 11.9 Å². The zero-order valence-corrected chi connectivity index (χ0v) is 13.9. The van der Waals surface area contributed by atoms with Crippen molar-refractivity contribution in [3.63, 3.8) is 0 Å². The highest BCUT2D eigenvalue weighted by Crippen LogP contribution is 2.39. The van der Waals surface area contributed by atoms with Crippen LogP contribution in [-0.2, 0) is 13.0 Å². The first-order valence-corrected chi connectivity index (χ1v) is 8.67. The fourth-order valence-electron chi connectivity index (χ4n) is 2.15. The number of fused-ring (bicyclic) bond motifs is 1. The number of thiazole rings is 1. The highest BCUT2D eigenvalue weighted by molar-refractivity contribution is 7.20. The van der Waals surface area contributed by atoms with E-state index < -0.39 is 0 Å². The van der Waals surface area contributed by atoms with Gasteiger partial charge in [0.2, 0.25) is 0 Å². The monoisotopic (exact) mass is 338 g/mol. The lowest BCUT2D eigenvalue weighted by Gasteiger charge is -2.06. The number of hydrogen-bond donors (Lipinski definition) is 2. The van der Waals surface area contributed by atoms with Gasteiger partial charge in [0.1, 0.15) is 10.5 Å². The van der Waals surface area contributed by atoms with Gasteiger partial charge in [-0.2, -0.15) is 0 Å². The smallest absolute Gasteiger partial charge is 0.112 e. The summed E-state index contributed by atoms with van der Waals surface area (Å²) in [6.07, 6.45) is 2.60. The maximum absolute atomic E-state index is 6.43. The minimum absolute atomic E-state index is 0.591. The minimum Gasteiger partial charge on any atom is -0.377 e. The average Bonchev–Trinajstić information content (AvgIpc) is 3.07. The molecular weight excluding hydrogens is 324 g/mol. The molecular formula is C14H15ClN4S2. The second kappa shape index (κ2) is 6.27. The summed E-state index contributed by atoms with van der Waals surface area (Å²) in [4.78, 5) is 9.96. The Kier molecular flexibility index (Phi) is 4.40. The quantitative estimate of drug-likeness (QED) is 0.742. The Labute approximate surface area is 136 Å². The number of hydrogen-bond acceptors (Lipinski definition) is 6. The van der Waals surface area contributed by atoms with E-state index >= 15 is 0 Å². The predicted octanol–water partition coefficient (Wildman–Crippen LogP) is 3.83. The first-order valence-electron chi connectivity index (χ1n) is 6.60. The van der Waals surface area contributed by atoms with Crippen molar-refractivity contribution < 1.29 is 0 Å². The summed E-state index contributed by atoms with van der Waals surface area (Å²) >= 11 is 9.74. The lowest BCUT2D eigenvalue weighted by molar-refractivity contribution is 0.989. The van der Waals surface area contributed by atoms with Gasteiger partial charge in [0, 0.05) is 22.1 Å². The number of pyridine rings is 1. The molecule has 0 fully saturated rings. The molecule has 0 saturated carbocycles. The molecule has 0 aliphatic heterocycles. The molecule has 0 saturated heterocycles. The van der Waals surface area contributed by atoms with E-state index in [0.29, 0.717) is 13.1 Å². The Balaban J connectivity index is 1.98. The summed E-state index contributed by atoms with van der Waals surface area (Å²) in [6, 6.07) is 2.05. The molecule has 3 rings (SSSR count). The molecule has 3 heterocycles. The summed E-state index contributed by atoms with van der Waals surface area (Å²) in [6.45, 7) is 3.27. The van der Waals surface area contributed by atoms with E-state index in [4.69, 9.17) is 17.3 Å². The van der Waals surface area contributed by atoms with Gasteiger partial charge in [-0.1, -0.05) is 11.6 Å². The van der Waals surface area contributed by atoms with Gasteiger partial charge in [0.15, 0.2) is 0 Å². The number of nitrogens with one attached hydrogen (secondary N) is 1. The molecule has 4 nitrogen and oxygen atoms in total. The van der Waals surface area contributed by atoms with Crippen LogP contribution in [0, 0.1) is 6.92 Å². The zero-order valence-electron chi connectivity index (χ0n) is 11.5. The molecule has 0 aliphatic rings. The largest absolute Gasteiger partial charge is 0.377 e. The van der Waals surface area contributed by atoms with Crippen molar-refractivity contribution in [1.29, 1.82) is 0 Å². The molecule has 0 amide bonds. The Morgan fingerprint density at radius 2 is 2.29 bits per heavy atom. The van der Waals surface area contributed by atoms with Crippen LogP contribution in [0.5, 0.6) is 0 Å². The fourth-order valence-corrected chi connectivity index (χ4v) is 4.24. The van der Waals surface area contributed by atoms with Crippen molar-refractivity contribution in [3.05, 3.63) is 38.2 Å². The van der Waals surface area contributed by atoms with Crippen LogP contribution in [0.4, 0.5) is 5.69 Å². The van der Waals surface area contributed by atoms with E-state index in [1.165, 1.54) is 0 Å². The van der Waals surface area contributed by atoms with Crippen molar-refractivity contribution in [2.24, 2.45) is 5.73 Å². The maximum atomic E-state index is 6.43. The Bertz CT molecular complexity index is 752. The Morgan fingerprint density at radius 1 is 1.43 bits per heavy atom. The first-order chi connectivity index (χ1) is 10.2. The molecule has 7 heteroatoms. The molecule has 0 atom stereocenters. The molecule has 0 aliphatic carbocycles. The zero-order chi connectivity index (χ0) is 14.8. The van der Waals surface area contributed by atoms with E-state index in [9.17, 15) is 0 Å². The third kappa shape index (κ3) is 3.03. The minimum atomic E-state index is 0.591. The topological polar surface area (TPSA) is 63.8 Å². The van der Waals surface area contributed by atoms with Crippen LogP contribution < -0.4 is 11.1 Å². The normalized spacial score (nSPS) is 11.2. The standard InChI is InChI=1S/C14H15ClN4S2/c1-8-6-9(18-7-11-17-4-5-20-11)14-13(19-8)12(15)10(21-14)2-3-16/h4-6H,2-3,7,16H2,1H3,(H,18,19). The fraction of sp³-hybridized carbons (Fsp3) is 0.286. The van der Waals surface area contributed by atoms with Crippen LogP contribution in [0.25, 0.3) is 10.2 Å². The van der Waals surface area contributed by atoms with Crippen LogP contribution in [0.2, 0.25) is 5.02 Å². The second-order valence-electron chi connectivity index (χ2n) is 4.65. The highest BCUT2D eigenvalue weighted by Gasteiger charge is 2.15. The van der Waals surface area contributed by atoms with E-state index in [1.807, 2.05) is 18.5 Å². The third-order valence-corrected chi connectivity index (χ3v) is 5.63. The molecule has 21 heavy (non-hydrogen) atoms. The number of nitrogens with zero attached hydrogens (tertiary/aromatic N) is 2. The van der Waals surface area contributed by atoms with Gasteiger partial charge >= 0.3 is 0 Å². The summed E-state index contributed by atoms with van der Waals surface area (Å²) in [5.74, 6) is 0. The number of halogens is 1. The molecule has 0 bridgehead atoms. The number of anilines is 1. The van der Waals surface area contributed by atoms with Crippen LogP contribution in [-0.4, -0.2) is 16.5 Å². The number of thiophene rings is 1. The van der Waals surface area contributed by atoms with E-state index in [2.05, 4.69) is 21.4 Å². The molecule has 0 unspecified atom stereocenters. The average molecular weight is 339 g/mol. The molecule has 0 radical (unpaired) electrons. The summed E-state index contributed by atoms with van der Waals surface area (Å²) in [5, 5.41) is 7.22. The number of aryl methyl sites for hydroxylation is 1. The van der Waals surface area contributed by atoms with Crippen molar-refractivity contribution in [2.45, 2.75) is 19.9 Å². The second-order valence-corrected chi connectivity index (χ2v) is 7.11.